The molecule has 0 rings (SSSR count). The monoisotopic (exact) mass is 329 g/mol. The minimum absolute atomic E-state index is 0.196. The first-order chi connectivity index (χ1) is 9.83. The zero-order chi connectivity index (χ0) is 17.6. The zero-order valence-electron chi connectivity index (χ0n) is 15.1. The Bertz CT molecular complexity index is 411. The Hall–Kier alpha value is -1.30. The van der Waals surface area contributed by atoms with E-state index in [1.165, 1.54) is 0 Å². The largest absolute Gasteiger partial charge is 0.457 e. The van der Waals surface area contributed by atoms with Gasteiger partial charge in [-0.3, -0.25) is 4.79 Å². The number of nitrogens with one attached hydrogen (secondary N) is 1. The van der Waals surface area contributed by atoms with Crippen LogP contribution in [0.4, 0.5) is 4.79 Å². The highest BCUT2D eigenvalue weighted by Gasteiger charge is 2.22. The number of carbonyl (C=O) groups excluding carboxylic acids is 2. The fourth-order valence-corrected chi connectivity index (χ4v) is 2.47. The predicted molar refractivity (Wildman–Crippen MR) is 91.5 cm³/mol. The third-order valence-corrected chi connectivity index (χ3v) is 7.41. The Morgan fingerprint density at radius 1 is 1.18 bits per heavy atom. The topological polar surface area (TPSA) is 64.6 Å². The van der Waals surface area contributed by atoms with Gasteiger partial charge in [0.25, 0.3) is 0 Å². The Balaban J connectivity index is 4.22. The molecule has 1 N–H and O–H groups in total. The molecular formula is C16H31NO4Si. The molecule has 0 aliphatic rings. The predicted octanol–water partition coefficient (Wildman–Crippen LogP) is 3.66. The van der Waals surface area contributed by atoms with Gasteiger partial charge in [-0.05, 0) is 33.2 Å². The lowest BCUT2D eigenvalue weighted by molar-refractivity contribution is -0.145. The van der Waals surface area contributed by atoms with Crippen molar-refractivity contribution in [3.05, 3.63) is 11.8 Å². The van der Waals surface area contributed by atoms with Crippen LogP contribution in [0.3, 0.4) is 0 Å². The summed E-state index contributed by atoms with van der Waals surface area (Å²) in [4.78, 5) is 23.1. The van der Waals surface area contributed by atoms with Crippen molar-refractivity contribution in [1.29, 1.82) is 0 Å². The van der Waals surface area contributed by atoms with Crippen molar-refractivity contribution in [2.24, 2.45) is 0 Å². The number of rotatable bonds is 6. The molecule has 0 bridgehead atoms. The maximum atomic E-state index is 11.7. The first-order valence-electron chi connectivity index (χ1n) is 7.69. The lowest BCUT2D eigenvalue weighted by Gasteiger charge is -2.23. The number of alkyl carbamates (subject to hydrolysis) is 1. The summed E-state index contributed by atoms with van der Waals surface area (Å²) >= 11 is 0. The molecule has 1 amide bonds. The molecule has 0 aromatic rings. The van der Waals surface area contributed by atoms with Crippen LogP contribution in [-0.4, -0.2) is 38.4 Å². The van der Waals surface area contributed by atoms with Crippen molar-refractivity contribution in [1.82, 2.24) is 5.32 Å². The third-order valence-electron chi connectivity index (χ3n) is 3.38. The highest BCUT2D eigenvalue weighted by atomic mass is 28.3. The average molecular weight is 330 g/mol. The van der Waals surface area contributed by atoms with E-state index in [1.54, 1.807) is 20.8 Å². The second-order valence-electron chi connectivity index (χ2n) is 7.39. The van der Waals surface area contributed by atoms with Gasteiger partial charge in [-0.2, -0.15) is 0 Å². The van der Waals surface area contributed by atoms with Crippen LogP contribution in [0.5, 0.6) is 0 Å². The molecule has 1 atom stereocenters. The molecule has 0 radical (unpaired) electrons. The van der Waals surface area contributed by atoms with Crippen molar-refractivity contribution in [3.8, 4) is 0 Å². The molecule has 0 spiro atoms. The molecule has 128 valence electrons. The van der Waals surface area contributed by atoms with Gasteiger partial charge in [0.15, 0.2) is 0 Å². The van der Waals surface area contributed by atoms with Crippen molar-refractivity contribution < 1.29 is 19.1 Å². The number of carbonyl (C=O) groups is 2. The number of ether oxygens (including phenoxy) is 2. The Kier molecular flexibility index (Phi) is 7.87. The maximum absolute atomic E-state index is 11.7. The fraction of sp³-hybridized carbons (Fsp3) is 0.750. The Labute approximate surface area is 135 Å². The molecule has 5 nitrogen and oxygen atoms in total. The first kappa shape index (κ1) is 20.7. The number of amides is 1. The normalized spacial score (nSPS) is 14.0. The summed E-state index contributed by atoms with van der Waals surface area (Å²) in [6, 6.07) is 0. The minimum Gasteiger partial charge on any atom is -0.457 e. The summed E-state index contributed by atoms with van der Waals surface area (Å²) in [6.07, 6.45) is 0.997. The zero-order valence-corrected chi connectivity index (χ0v) is 16.1. The van der Waals surface area contributed by atoms with Gasteiger partial charge in [-0.15, -0.1) is 0 Å². The van der Waals surface area contributed by atoms with E-state index in [0.29, 0.717) is 5.54 Å². The Morgan fingerprint density at radius 3 is 2.18 bits per heavy atom. The summed E-state index contributed by atoms with van der Waals surface area (Å²) in [5, 5.41) is 2.38. The summed E-state index contributed by atoms with van der Waals surface area (Å²) in [5.41, 5.74) is 2.23. The van der Waals surface area contributed by atoms with Crippen molar-refractivity contribution in [2.75, 3.05) is 6.54 Å². The summed E-state index contributed by atoms with van der Waals surface area (Å²) in [6.45, 7) is 15.9. The second-order valence-corrected chi connectivity index (χ2v) is 12.5. The highest BCUT2D eigenvalue weighted by Crippen LogP contribution is 2.21. The number of hydrogen-bond donors (Lipinski definition) is 1. The van der Waals surface area contributed by atoms with E-state index in [9.17, 15) is 9.59 Å². The molecule has 0 aromatic carbocycles. The average Bonchev–Trinajstić information content (AvgIpc) is 2.32. The van der Waals surface area contributed by atoms with Crippen molar-refractivity contribution in [3.63, 3.8) is 0 Å². The van der Waals surface area contributed by atoms with Crippen molar-refractivity contribution in [2.45, 2.75) is 71.9 Å². The van der Waals surface area contributed by atoms with Gasteiger partial charge >= 0.3 is 12.1 Å². The van der Waals surface area contributed by atoms with Gasteiger partial charge in [0.2, 0.25) is 0 Å². The molecule has 22 heavy (non-hydrogen) atoms. The summed E-state index contributed by atoms with van der Waals surface area (Å²) in [7, 11) is -1.42. The molecule has 0 saturated carbocycles. The molecule has 0 aliphatic carbocycles. The molecule has 0 saturated heterocycles. The van der Waals surface area contributed by atoms with E-state index in [0.717, 1.165) is 0 Å². The van der Waals surface area contributed by atoms with E-state index < -0.39 is 25.7 Å². The van der Waals surface area contributed by atoms with E-state index in [1.807, 2.05) is 13.0 Å². The lowest BCUT2D eigenvalue weighted by atomic mass is 10.2. The molecular weight excluding hydrogens is 298 g/mol. The van der Waals surface area contributed by atoms with Crippen LogP contribution in [0, 0.1) is 0 Å². The third kappa shape index (κ3) is 9.60. The van der Waals surface area contributed by atoms with Crippen LogP contribution < -0.4 is 5.32 Å². The SMILES string of the molecule is CC(/C=C/[Si](C)(C)C(C)C)OC(=O)CNC(=O)OC(C)(C)C. The van der Waals surface area contributed by atoms with E-state index in [-0.39, 0.29) is 12.6 Å². The van der Waals surface area contributed by atoms with Crippen LogP contribution in [0.15, 0.2) is 11.8 Å². The van der Waals surface area contributed by atoms with Gasteiger partial charge in [0.1, 0.15) is 18.2 Å². The summed E-state index contributed by atoms with van der Waals surface area (Å²) in [5.74, 6) is -0.480. The van der Waals surface area contributed by atoms with Crippen LogP contribution in [0.1, 0.15) is 41.5 Å². The van der Waals surface area contributed by atoms with Gasteiger partial charge in [-0.25, -0.2) is 4.79 Å². The highest BCUT2D eigenvalue weighted by molar-refractivity contribution is 6.83. The molecule has 0 heterocycles. The van der Waals surface area contributed by atoms with E-state index in [4.69, 9.17) is 9.47 Å². The smallest absolute Gasteiger partial charge is 0.408 e. The van der Waals surface area contributed by atoms with Gasteiger partial charge in [-0.1, -0.05) is 38.7 Å². The molecule has 0 aliphatic heterocycles. The quantitative estimate of drug-likeness (QED) is 0.596. The number of hydrogen-bond acceptors (Lipinski definition) is 4. The minimum atomic E-state index is -1.42. The standard InChI is InChI=1S/C16H31NO4Si/c1-12(2)22(7,8)10-9-13(3)20-14(18)11-17-15(19)21-16(4,5)6/h9-10,12-13H,11H2,1-8H3,(H,17,19)/b10-9+. The van der Waals surface area contributed by atoms with Gasteiger partial charge in [0.05, 0.1) is 8.07 Å². The van der Waals surface area contributed by atoms with E-state index in [2.05, 4.69) is 38.0 Å². The van der Waals surface area contributed by atoms with Crippen LogP contribution in [0.25, 0.3) is 0 Å². The van der Waals surface area contributed by atoms with Crippen LogP contribution in [-0.2, 0) is 14.3 Å². The first-order valence-corrected chi connectivity index (χ1v) is 10.8. The molecule has 6 heteroatoms. The molecule has 0 aromatic heterocycles. The second kappa shape index (κ2) is 8.36. The van der Waals surface area contributed by atoms with Crippen molar-refractivity contribution >= 4 is 20.1 Å². The van der Waals surface area contributed by atoms with E-state index >= 15 is 0 Å². The fourth-order valence-electron chi connectivity index (χ4n) is 1.32. The molecule has 0 fully saturated rings. The van der Waals surface area contributed by atoms with Gasteiger partial charge < -0.3 is 14.8 Å². The maximum Gasteiger partial charge on any atom is 0.408 e. The molecule has 1 unspecified atom stereocenters. The lowest BCUT2D eigenvalue weighted by Crippen LogP contribution is -2.36. The summed E-state index contributed by atoms with van der Waals surface area (Å²) < 4.78 is 10.3. The van der Waals surface area contributed by atoms with Crippen LogP contribution in [0.2, 0.25) is 18.6 Å². The number of esters is 1. The van der Waals surface area contributed by atoms with Gasteiger partial charge in [0, 0.05) is 0 Å². The Morgan fingerprint density at radius 2 is 1.73 bits per heavy atom. The van der Waals surface area contributed by atoms with Crippen LogP contribution >= 0.6 is 0 Å².